The lowest BCUT2D eigenvalue weighted by atomic mass is 10.0. The van der Waals surface area contributed by atoms with Crippen LogP contribution >= 0.6 is 0 Å². The third kappa shape index (κ3) is 2.10. The Morgan fingerprint density at radius 2 is 1.60 bits per heavy atom. The number of aromatic nitrogens is 1. The van der Waals surface area contributed by atoms with E-state index in [-0.39, 0.29) is 5.78 Å². The van der Waals surface area contributed by atoms with Gasteiger partial charge in [-0.05, 0) is 31.0 Å². The summed E-state index contributed by atoms with van der Waals surface area (Å²) in [6.45, 7) is 4.10. The summed E-state index contributed by atoms with van der Waals surface area (Å²) in [6.07, 6.45) is 0. The van der Waals surface area contributed by atoms with Gasteiger partial charge in [-0.2, -0.15) is 0 Å². The molecule has 0 fully saturated rings. The van der Waals surface area contributed by atoms with E-state index in [0.29, 0.717) is 11.3 Å². The van der Waals surface area contributed by atoms with Crippen molar-refractivity contribution in [3.05, 3.63) is 77.0 Å². The molecule has 1 heterocycles. The molecule has 0 N–H and O–H groups in total. The molecule has 0 unspecified atom stereocenters. The zero-order valence-electron chi connectivity index (χ0n) is 11.6. The Bertz CT molecular complexity index is 791. The number of hydrogen-bond donors (Lipinski definition) is 0. The van der Waals surface area contributed by atoms with Gasteiger partial charge >= 0.3 is 0 Å². The fourth-order valence-corrected chi connectivity index (χ4v) is 2.30. The average Bonchev–Trinajstić information content (AvgIpc) is 2.51. The fourth-order valence-electron chi connectivity index (χ4n) is 2.30. The van der Waals surface area contributed by atoms with Crippen LogP contribution in [0.25, 0.3) is 10.9 Å². The minimum Gasteiger partial charge on any atom is -0.287 e. The van der Waals surface area contributed by atoms with E-state index in [4.69, 9.17) is 0 Å². The van der Waals surface area contributed by atoms with Crippen molar-refractivity contribution in [2.75, 3.05) is 0 Å². The highest BCUT2D eigenvalue weighted by Crippen LogP contribution is 2.21. The molecule has 2 aromatic carbocycles. The summed E-state index contributed by atoms with van der Waals surface area (Å²) < 4.78 is 0. The number of benzene rings is 2. The third-order valence-electron chi connectivity index (χ3n) is 3.65. The zero-order chi connectivity index (χ0) is 14.1. The summed E-state index contributed by atoms with van der Waals surface area (Å²) in [7, 11) is 0. The van der Waals surface area contributed by atoms with Crippen molar-refractivity contribution in [2.45, 2.75) is 13.8 Å². The van der Waals surface area contributed by atoms with Gasteiger partial charge in [-0.1, -0.05) is 48.5 Å². The Morgan fingerprint density at radius 3 is 2.35 bits per heavy atom. The largest absolute Gasteiger partial charge is 0.287 e. The van der Waals surface area contributed by atoms with Crippen LogP contribution in [0.1, 0.15) is 27.2 Å². The van der Waals surface area contributed by atoms with Crippen LogP contribution in [0.2, 0.25) is 0 Å². The lowest BCUT2D eigenvalue weighted by Crippen LogP contribution is -2.04. The molecular weight excluding hydrogens is 246 g/mol. The first-order chi connectivity index (χ1) is 9.66. The highest BCUT2D eigenvalue weighted by molar-refractivity contribution is 6.08. The number of nitrogens with zero attached hydrogens (tertiary/aromatic N) is 1. The van der Waals surface area contributed by atoms with Crippen LogP contribution in [0.3, 0.4) is 0 Å². The van der Waals surface area contributed by atoms with Gasteiger partial charge in [0.1, 0.15) is 5.69 Å². The van der Waals surface area contributed by atoms with Crippen LogP contribution in [-0.2, 0) is 0 Å². The van der Waals surface area contributed by atoms with Gasteiger partial charge in [0.25, 0.3) is 0 Å². The normalized spacial score (nSPS) is 10.7. The molecule has 20 heavy (non-hydrogen) atoms. The van der Waals surface area contributed by atoms with E-state index < -0.39 is 0 Å². The first-order valence-electron chi connectivity index (χ1n) is 6.63. The maximum atomic E-state index is 12.4. The molecule has 0 aliphatic rings. The quantitative estimate of drug-likeness (QED) is 0.650. The summed E-state index contributed by atoms with van der Waals surface area (Å²) in [5.41, 5.74) is 4.40. The molecule has 0 aliphatic carbocycles. The predicted octanol–water partition coefficient (Wildman–Crippen LogP) is 4.08. The smallest absolute Gasteiger partial charge is 0.211 e. The van der Waals surface area contributed by atoms with Crippen molar-refractivity contribution >= 4 is 16.7 Å². The lowest BCUT2D eigenvalue weighted by molar-refractivity contribution is 0.103. The number of aryl methyl sites for hydroxylation is 2. The van der Waals surface area contributed by atoms with Crippen molar-refractivity contribution < 1.29 is 4.79 Å². The van der Waals surface area contributed by atoms with Gasteiger partial charge in [-0.15, -0.1) is 0 Å². The second-order valence-electron chi connectivity index (χ2n) is 4.97. The molecule has 0 spiro atoms. The van der Waals surface area contributed by atoms with E-state index >= 15 is 0 Å². The fraction of sp³-hybridized carbons (Fsp3) is 0.111. The second-order valence-corrected chi connectivity index (χ2v) is 4.97. The Kier molecular flexibility index (Phi) is 3.07. The highest BCUT2D eigenvalue weighted by atomic mass is 16.1. The number of ketones is 1. The minimum absolute atomic E-state index is 0.0339. The van der Waals surface area contributed by atoms with Gasteiger partial charge in [0.2, 0.25) is 5.78 Å². The standard InChI is InChI=1S/C18H15NO/c1-12-8-9-14-10-11-16(19-17(14)13(12)2)18(20)15-6-4-3-5-7-15/h3-11H,1-2H3. The average molecular weight is 261 g/mol. The molecule has 98 valence electrons. The van der Waals surface area contributed by atoms with Gasteiger partial charge in [0.15, 0.2) is 0 Å². The molecule has 0 aliphatic heterocycles. The van der Waals surface area contributed by atoms with Crippen molar-refractivity contribution in [3.8, 4) is 0 Å². The summed E-state index contributed by atoms with van der Waals surface area (Å²) in [5.74, 6) is -0.0339. The third-order valence-corrected chi connectivity index (χ3v) is 3.65. The van der Waals surface area contributed by atoms with Crippen LogP contribution in [0.15, 0.2) is 54.6 Å². The van der Waals surface area contributed by atoms with Crippen LogP contribution in [0.5, 0.6) is 0 Å². The Hall–Kier alpha value is -2.48. The number of rotatable bonds is 2. The molecule has 3 rings (SSSR count). The Morgan fingerprint density at radius 1 is 0.900 bits per heavy atom. The zero-order valence-corrected chi connectivity index (χ0v) is 11.6. The molecule has 2 nitrogen and oxygen atoms in total. The van der Waals surface area contributed by atoms with Crippen LogP contribution in [0, 0.1) is 13.8 Å². The van der Waals surface area contributed by atoms with E-state index in [1.807, 2.05) is 49.4 Å². The molecular formula is C18H15NO. The van der Waals surface area contributed by atoms with E-state index in [1.165, 1.54) is 5.56 Å². The van der Waals surface area contributed by atoms with Crippen LogP contribution in [0.4, 0.5) is 0 Å². The van der Waals surface area contributed by atoms with Gasteiger partial charge < -0.3 is 0 Å². The van der Waals surface area contributed by atoms with Crippen molar-refractivity contribution in [1.29, 1.82) is 0 Å². The number of carbonyl (C=O) groups excluding carboxylic acids is 1. The van der Waals surface area contributed by atoms with Crippen molar-refractivity contribution in [3.63, 3.8) is 0 Å². The monoisotopic (exact) mass is 261 g/mol. The second kappa shape index (κ2) is 4.89. The first kappa shape index (κ1) is 12.5. The van der Waals surface area contributed by atoms with Gasteiger partial charge in [0, 0.05) is 10.9 Å². The van der Waals surface area contributed by atoms with E-state index in [0.717, 1.165) is 16.5 Å². The summed E-state index contributed by atoms with van der Waals surface area (Å²) in [4.78, 5) is 17.0. The topological polar surface area (TPSA) is 30.0 Å². The molecule has 0 saturated heterocycles. The number of pyridine rings is 1. The van der Waals surface area contributed by atoms with E-state index in [1.54, 1.807) is 6.07 Å². The summed E-state index contributed by atoms with van der Waals surface area (Å²) in [6, 6.07) is 17.1. The van der Waals surface area contributed by atoms with Crippen molar-refractivity contribution in [2.24, 2.45) is 0 Å². The van der Waals surface area contributed by atoms with E-state index in [2.05, 4.69) is 18.0 Å². The summed E-state index contributed by atoms with van der Waals surface area (Å²) in [5, 5.41) is 1.07. The molecule has 0 radical (unpaired) electrons. The molecule has 1 aromatic heterocycles. The summed E-state index contributed by atoms with van der Waals surface area (Å²) >= 11 is 0. The maximum Gasteiger partial charge on any atom is 0.211 e. The Labute approximate surface area is 118 Å². The minimum atomic E-state index is -0.0339. The van der Waals surface area contributed by atoms with Crippen LogP contribution < -0.4 is 0 Å². The molecule has 0 atom stereocenters. The van der Waals surface area contributed by atoms with Crippen LogP contribution in [-0.4, -0.2) is 10.8 Å². The maximum absolute atomic E-state index is 12.4. The predicted molar refractivity (Wildman–Crippen MR) is 81.1 cm³/mol. The number of hydrogen-bond acceptors (Lipinski definition) is 2. The van der Waals surface area contributed by atoms with Gasteiger partial charge in [-0.3, -0.25) is 4.79 Å². The molecule has 0 amide bonds. The molecule has 0 bridgehead atoms. The van der Waals surface area contributed by atoms with Gasteiger partial charge in [-0.25, -0.2) is 4.98 Å². The van der Waals surface area contributed by atoms with E-state index in [9.17, 15) is 4.79 Å². The molecule has 3 aromatic rings. The number of fused-ring (bicyclic) bond motifs is 1. The molecule has 0 saturated carbocycles. The first-order valence-corrected chi connectivity index (χ1v) is 6.63. The molecule has 2 heteroatoms. The highest BCUT2D eigenvalue weighted by Gasteiger charge is 2.11. The SMILES string of the molecule is Cc1ccc2ccc(C(=O)c3ccccc3)nc2c1C. The van der Waals surface area contributed by atoms with Gasteiger partial charge in [0.05, 0.1) is 5.52 Å². The lowest BCUT2D eigenvalue weighted by Gasteiger charge is -2.07. The Balaban J connectivity index is 2.14. The number of carbonyl (C=O) groups is 1. The van der Waals surface area contributed by atoms with Crippen molar-refractivity contribution in [1.82, 2.24) is 4.98 Å².